The van der Waals surface area contributed by atoms with E-state index in [1.165, 1.54) is 0 Å². The Morgan fingerprint density at radius 3 is 2.35 bits per heavy atom. The first-order valence-corrected chi connectivity index (χ1v) is 6.93. The molecule has 0 amide bonds. The Balaban J connectivity index is 2.25. The summed E-state index contributed by atoms with van der Waals surface area (Å²) in [6.07, 6.45) is 0.330. The molecule has 0 aliphatic rings. The summed E-state index contributed by atoms with van der Waals surface area (Å²) in [5, 5.41) is 0. The quantitative estimate of drug-likeness (QED) is 0.778. The Labute approximate surface area is 126 Å². The van der Waals surface area contributed by atoms with Crippen LogP contribution in [-0.4, -0.2) is 20.0 Å². The summed E-state index contributed by atoms with van der Waals surface area (Å²) in [4.78, 5) is 12.4. The number of ether oxygens (including phenoxy) is 2. The van der Waals surface area contributed by atoms with Crippen LogP contribution in [-0.2, 0) is 6.42 Å². The molecule has 0 radical (unpaired) electrons. The first kappa shape index (κ1) is 14.6. The zero-order valence-corrected chi connectivity index (χ0v) is 12.9. The van der Waals surface area contributed by atoms with E-state index >= 15 is 0 Å². The van der Waals surface area contributed by atoms with Crippen molar-refractivity contribution in [2.45, 2.75) is 6.42 Å². The molecule has 0 aliphatic carbocycles. The van der Waals surface area contributed by atoms with Gasteiger partial charge < -0.3 is 9.47 Å². The molecule has 3 nitrogen and oxygen atoms in total. The number of carbonyl (C=O) groups is 1. The van der Waals surface area contributed by atoms with E-state index in [0.29, 0.717) is 23.5 Å². The molecule has 0 heterocycles. The summed E-state index contributed by atoms with van der Waals surface area (Å²) >= 11 is 3.38. The normalized spacial score (nSPS) is 10.2. The molecular weight excluding hydrogens is 320 g/mol. The Kier molecular flexibility index (Phi) is 4.79. The highest BCUT2D eigenvalue weighted by Crippen LogP contribution is 2.25. The van der Waals surface area contributed by atoms with Crippen molar-refractivity contribution in [3.8, 4) is 11.5 Å². The summed E-state index contributed by atoms with van der Waals surface area (Å²) in [7, 11) is 3.13. The minimum atomic E-state index is 0.00284. The van der Waals surface area contributed by atoms with Crippen molar-refractivity contribution in [3.05, 3.63) is 58.1 Å². The van der Waals surface area contributed by atoms with Gasteiger partial charge in [-0.05, 0) is 35.9 Å². The Morgan fingerprint density at radius 1 is 1.05 bits per heavy atom. The number of rotatable bonds is 5. The van der Waals surface area contributed by atoms with Crippen LogP contribution in [0, 0.1) is 0 Å². The molecular formula is C16H15BrO3. The maximum absolute atomic E-state index is 12.4. The standard InChI is InChI=1S/C16H15BrO3/c1-19-13-7-8-16(20-2)14(10-13)15(18)9-11-3-5-12(17)6-4-11/h3-8,10H,9H2,1-2H3. The molecule has 0 spiro atoms. The fourth-order valence-corrected chi connectivity index (χ4v) is 2.18. The number of Topliss-reactive ketones (excluding diaryl/α,β-unsaturated/α-hetero) is 1. The maximum atomic E-state index is 12.4. The van der Waals surface area contributed by atoms with Crippen LogP contribution in [0.4, 0.5) is 0 Å². The summed E-state index contributed by atoms with van der Waals surface area (Å²) in [5.41, 5.74) is 1.50. The molecule has 4 heteroatoms. The lowest BCUT2D eigenvalue weighted by atomic mass is 10.0. The summed E-state index contributed by atoms with van der Waals surface area (Å²) < 4.78 is 11.4. The van der Waals surface area contributed by atoms with E-state index in [-0.39, 0.29) is 5.78 Å². The number of methoxy groups -OCH3 is 2. The third-order valence-corrected chi connectivity index (χ3v) is 3.51. The Hall–Kier alpha value is -1.81. The van der Waals surface area contributed by atoms with Gasteiger partial charge in [-0.1, -0.05) is 28.1 Å². The van der Waals surface area contributed by atoms with E-state index in [0.717, 1.165) is 10.0 Å². The lowest BCUT2D eigenvalue weighted by Gasteiger charge is -2.09. The second kappa shape index (κ2) is 6.57. The monoisotopic (exact) mass is 334 g/mol. The van der Waals surface area contributed by atoms with Gasteiger partial charge >= 0.3 is 0 Å². The number of carbonyl (C=O) groups excluding carboxylic acids is 1. The van der Waals surface area contributed by atoms with Gasteiger partial charge in [-0.25, -0.2) is 0 Å². The van der Waals surface area contributed by atoms with Crippen LogP contribution in [0.2, 0.25) is 0 Å². The minimum Gasteiger partial charge on any atom is -0.497 e. The largest absolute Gasteiger partial charge is 0.497 e. The van der Waals surface area contributed by atoms with E-state index in [1.54, 1.807) is 32.4 Å². The number of hydrogen-bond donors (Lipinski definition) is 0. The van der Waals surface area contributed by atoms with Crippen LogP contribution in [0.15, 0.2) is 46.9 Å². The molecule has 0 atom stereocenters. The first-order chi connectivity index (χ1) is 9.63. The lowest BCUT2D eigenvalue weighted by molar-refractivity contribution is 0.0989. The highest BCUT2D eigenvalue weighted by atomic mass is 79.9. The summed E-state index contributed by atoms with van der Waals surface area (Å²) in [6, 6.07) is 12.9. The molecule has 0 N–H and O–H groups in total. The van der Waals surface area contributed by atoms with Gasteiger partial charge in [-0.2, -0.15) is 0 Å². The van der Waals surface area contributed by atoms with Crippen LogP contribution < -0.4 is 9.47 Å². The van der Waals surface area contributed by atoms with Crippen molar-refractivity contribution in [1.29, 1.82) is 0 Å². The van der Waals surface area contributed by atoms with Crippen molar-refractivity contribution in [2.75, 3.05) is 14.2 Å². The van der Waals surface area contributed by atoms with Crippen LogP contribution in [0.3, 0.4) is 0 Å². The molecule has 0 bridgehead atoms. The highest BCUT2D eigenvalue weighted by Gasteiger charge is 2.14. The molecule has 0 fully saturated rings. The average molecular weight is 335 g/mol. The fourth-order valence-electron chi connectivity index (χ4n) is 1.91. The van der Waals surface area contributed by atoms with Crippen LogP contribution in [0.1, 0.15) is 15.9 Å². The van der Waals surface area contributed by atoms with Crippen molar-refractivity contribution in [1.82, 2.24) is 0 Å². The summed E-state index contributed by atoms with van der Waals surface area (Å²) in [5.74, 6) is 1.21. The van der Waals surface area contributed by atoms with Crippen molar-refractivity contribution < 1.29 is 14.3 Å². The molecule has 2 aromatic rings. The lowest BCUT2D eigenvalue weighted by Crippen LogP contribution is -2.06. The van der Waals surface area contributed by atoms with Crippen LogP contribution >= 0.6 is 15.9 Å². The molecule has 104 valence electrons. The van der Waals surface area contributed by atoms with Crippen molar-refractivity contribution >= 4 is 21.7 Å². The van der Waals surface area contributed by atoms with E-state index in [9.17, 15) is 4.79 Å². The van der Waals surface area contributed by atoms with Crippen LogP contribution in [0.5, 0.6) is 11.5 Å². The number of halogens is 1. The third kappa shape index (κ3) is 3.39. The van der Waals surface area contributed by atoms with Crippen molar-refractivity contribution in [3.63, 3.8) is 0 Å². The predicted molar refractivity (Wildman–Crippen MR) is 81.7 cm³/mol. The maximum Gasteiger partial charge on any atom is 0.171 e. The Bertz CT molecular complexity index is 606. The van der Waals surface area contributed by atoms with E-state index in [2.05, 4.69) is 15.9 Å². The van der Waals surface area contributed by atoms with Gasteiger partial charge in [-0.3, -0.25) is 4.79 Å². The van der Waals surface area contributed by atoms with Gasteiger partial charge in [0.2, 0.25) is 0 Å². The van der Waals surface area contributed by atoms with Gasteiger partial charge in [0.15, 0.2) is 5.78 Å². The zero-order valence-electron chi connectivity index (χ0n) is 11.4. The highest BCUT2D eigenvalue weighted by molar-refractivity contribution is 9.10. The Morgan fingerprint density at radius 2 is 1.75 bits per heavy atom. The number of ketones is 1. The number of benzene rings is 2. The molecule has 0 aromatic heterocycles. The minimum absolute atomic E-state index is 0.00284. The smallest absolute Gasteiger partial charge is 0.171 e. The van der Waals surface area contributed by atoms with Gasteiger partial charge in [-0.15, -0.1) is 0 Å². The third-order valence-electron chi connectivity index (χ3n) is 2.98. The molecule has 0 saturated heterocycles. The van der Waals surface area contributed by atoms with Gasteiger partial charge in [0.1, 0.15) is 11.5 Å². The zero-order chi connectivity index (χ0) is 14.5. The van der Waals surface area contributed by atoms with E-state index in [4.69, 9.17) is 9.47 Å². The molecule has 20 heavy (non-hydrogen) atoms. The number of hydrogen-bond acceptors (Lipinski definition) is 3. The molecule has 0 unspecified atom stereocenters. The fraction of sp³-hybridized carbons (Fsp3) is 0.188. The van der Waals surface area contributed by atoms with Gasteiger partial charge in [0, 0.05) is 10.9 Å². The van der Waals surface area contributed by atoms with Crippen molar-refractivity contribution in [2.24, 2.45) is 0 Å². The predicted octanol–water partition coefficient (Wildman–Crippen LogP) is 3.89. The average Bonchev–Trinajstić information content (AvgIpc) is 2.48. The van der Waals surface area contributed by atoms with E-state index in [1.807, 2.05) is 24.3 Å². The van der Waals surface area contributed by atoms with Crippen LogP contribution in [0.25, 0.3) is 0 Å². The van der Waals surface area contributed by atoms with Gasteiger partial charge in [0.05, 0.1) is 19.8 Å². The second-order valence-electron chi connectivity index (χ2n) is 4.29. The molecule has 2 aromatic carbocycles. The SMILES string of the molecule is COc1ccc(OC)c(C(=O)Cc2ccc(Br)cc2)c1. The topological polar surface area (TPSA) is 35.5 Å². The van der Waals surface area contributed by atoms with E-state index < -0.39 is 0 Å². The first-order valence-electron chi connectivity index (χ1n) is 6.13. The van der Waals surface area contributed by atoms with Gasteiger partial charge in [0.25, 0.3) is 0 Å². The second-order valence-corrected chi connectivity index (χ2v) is 5.21. The summed E-state index contributed by atoms with van der Waals surface area (Å²) in [6.45, 7) is 0. The molecule has 0 saturated carbocycles. The molecule has 0 aliphatic heterocycles. The molecule has 2 rings (SSSR count).